The number of phenols is 2. The van der Waals surface area contributed by atoms with Crippen molar-refractivity contribution < 1.29 is 36.4 Å². The molecule has 0 amide bonds. The van der Waals surface area contributed by atoms with Gasteiger partial charge in [-0.05, 0) is 92.5 Å². The minimum absolute atomic E-state index is 0. The van der Waals surface area contributed by atoms with Gasteiger partial charge in [-0.1, -0.05) is 81.0 Å². The molecule has 2 nitrogen and oxygen atoms in total. The zero-order chi connectivity index (χ0) is 24.3. The molecule has 0 aromatic heterocycles. The minimum Gasteiger partial charge on any atom is -0.508 e. The van der Waals surface area contributed by atoms with Crippen LogP contribution < -0.4 is 0 Å². The Bertz CT molecular complexity index is 863. The third kappa shape index (κ3) is 13.2. The van der Waals surface area contributed by atoms with Gasteiger partial charge < -0.3 is 10.2 Å². The summed E-state index contributed by atoms with van der Waals surface area (Å²) in [5.74, 6) is 0.659. The van der Waals surface area contributed by atoms with Gasteiger partial charge in [0.05, 0.1) is 0 Å². The Labute approximate surface area is 220 Å². The molecule has 0 radical (unpaired) electrons. The maximum atomic E-state index is 8.76. The Kier molecular flexibility index (Phi) is 14.7. The van der Waals surface area contributed by atoms with Gasteiger partial charge in [-0.2, -0.15) is 0 Å². The monoisotopic (exact) mass is 522 g/mol. The zero-order valence-electron chi connectivity index (χ0n) is 21.6. The molecule has 2 aliphatic rings. The van der Waals surface area contributed by atoms with Gasteiger partial charge in [-0.15, -0.1) is 0 Å². The van der Waals surface area contributed by atoms with Crippen molar-refractivity contribution in [2.24, 2.45) is 0 Å². The van der Waals surface area contributed by atoms with Crippen LogP contribution in [0.5, 0.6) is 11.5 Å². The van der Waals surface area contributed by atoms with E-state index in [1.807, 2.05) is 38.1 Å². The van der Waals surface area contributed by atoms with Crippen LogP contribution in [0.25, 0.3) is 0 Å². The predicted octanol–water partition coefficient (Wildman–Crippen LogP) is 8.74. The molecule has 0 saturated carbocycles. The molecule has 0 unspecified atom stereocenters. The summed E-state index contributed by atoms with van der Waals surface area (Å²) in [5, 5.41) is 17.5. The first kappa shape index (κ1) is 30.9. The standard InChI is InChI=1S/2C8H12.2C7H8O.Zr/c2*1-6-4-7(2)8(3)5-6;2*1-6-2-4-7(8)5-3-6;/h2*4H,5H2,1-3H3;2*2-5,8H,1H3;. The van der Waals surface area contributed by atoms with E-state index in [-0.39, 0.29) is 26.2 Å². The van der Waals surface area contributed by atoms with E-state index in [0.717, 1.165) is 0 Å². The van der Waals surface area contributed by atoms with Crippen LogP contribution in [0.1, 0.15) is 65.5 Å². The molecular formula is C30H40O2Zr. The molecule has 2 aliphatic carbocycles. The van der Waals surface area contributed by atoms with Crippen LogP contribution in [-0.4, -0.2) is 10.2 Å². The van der Waals surface area contributed by atoms with E-state index in [1.165, 1.54) is 57.4 Å². The third-order valence-corrected chi connectivity index (χ3v) is 5.43. The van der Waals surface area contributed by atoms with Crippen molar-refractivity contribution in [1.82, 2.24) is 0 Å². The van der Waals surface area contributed by atoms with E-state index in [4.69, 9.17) is 10.2 Å². The fourth-order valence-electron chi connectivity index (χ4n) is 3.29. The van der Waals surface area contributed by atoms with E-state index in [2.05, 4.69) is 53.7 Å². The molecule has 0 spiro atoms. The summed E-state index contributed by atoms with van der Waals surface area (Å²) in [6.07, 6.45) is 6.92. The Morgan fingerprint density at radius 2 is 0.758 bits per heavy atom. The summed E-state index contributed by atoms with van der Waals surface area (Å²) in [6, 6.07) is 14.2. The van der Waals surface area contributed by atoms with E-state index in [0.29, 0.717) is 11.5 Å². The molecule has 2 aromatic carbocycles. The number of hydrogen-bond acceptors (Lipinski definition) is 2. The Balaban J connectivity index is 0.000000410. The molecule has 0 bridgehead atoms. The summed E-state index contributed by atoms with van der Waals surface area (Å²) in [5.41, 5.74) is 11.3. The van der Waals surface area contributed by atoms with Gasteiger partial charge in [-0.25, -0.2) is 0 Å². The topological polar surface area (TPSA) is 40.5 Å². The molecule has 3 heteroatoms. The molecule has 0 saturated heterocycles. The third-order valence-electron chi connectivity index (χ3n) is 5.43. The average Bonchev–Trinajstić information content (AvgIpc) is 3.19. The molecule has 2 aromatic rings. The molecule has 0 heterocycles. The molecule has 0 aliphatic heterocycles. The maximum Gasteiger partial charge on any atom is 0.115 e. The fraction of sp³-hybridized carbons (Fsp3) is 0.333. The number of hydrogen-bond donors (Lipinski definition) is 2. The summed E-state index contributed by atoms with van der Waals surface area (Å²) < 4.78 is 0. The van der Waals surface area contributed by atoms with Crippen molar-refractivity contribution in [3.8, 4) is 11.5 Å². The minimum atomic E-state index is 0. The molecule has 176 valence electrons. The van der Waals surface area contributed by atoms with Crippen LogP contribution in [0.15, 0.2) is 94.1 Å². The van der Waals surface area contributed by atoms with Gasteiger partial charge in [0.1, 0.15) is 11.5 Å². The maximum absolute atomic E-state index is 8.76. The van der Waals surface area contributed by atoms with E-state index < -0.39 is 0 Å². The van der Waals surface area contributed by atoms with Crippen molar-refractivity contribution in [2.45, 2.75) is 68.2 Å². The first-order valence-corrected chi connectivity index (χ1v) is 11.2. The Morgan fingerprint density at radius 3 is 0.879 bits per heavy atom. The second-order valence-electron chi connectivity index (χ2n) is 8.93. The fourth-order valence-corrected chi connectivity index (χ4v) is 3.29. The molecule has 4 rings (SSSR count). The normalized spacial score (nSPS) is 13.9. The van der Waals surface area contributed by atoms with E-state index in [9.17, 15) is 0 Å². The second-order valence-corrected chi connectivity index (χ2v) is 8.93. The van der Waals surface area contributed by atoms with Crippen LogP contribution in [0, 0.1) is 13.8 Å². The number of phenolic OH excluding ortho intramolecular Hbond substituents is 2. The Hall–Kier alpha value is -2.12. The molecule has 0 atom stereocenters. The van der Waals surface area contributed by atoms with Gasteiger partial charge >= 0.3 is 0 Å². The van der Waals surface area contributed by atoms with Crippen LogP contribution in [0.3, 0.4) is 0 Å². The summed E-state index contributed by atoms with van der Waals surface area (Å²) in [6.45, 7) is 17.1. The van der Waals surface area contributed by atoms with Crippen molar-refractivity contribution >= 4 is 0 Å². The van der Waals surface area contributed by atoms with Crippen LogP contribution in [0.4, 0.5) is 0 Å². The van der Waals surface area contributed by atoms with E-state index in [1.54, 1.807) is 24.3 Å². The molecule has 33 heavy (non-hydrogen) atoms. The number of aryl methyl sites for hydroxylation is 2. The second kappa shape index (κ2) is 15.7. The smallest absolute Gasteiger partial charge is 0.115 e. The first-order chi connectivity index (χ1) is 15.0. The summed E-state index contributed by atoms with van der Waals surface area (Å²) in [4.78, 5) is 0. The number of allylic oxidation sites excluding steroid dienone is 8. The van der Waals surface area contributed by atoms with Crippen LogP contribution >= 0.6 is 0 Å². The molecule has 2 N–H and O–H groups in total. The average molecular weight is 524 g/mol. The van der Waals surface area contributed by atoms with E-state index >= 15 is 0 Å². The van der Waals surface area contributed by atoms with Crippen LogP contribution in [0.2, 0.25) is 0 Å². The Morgan fingerprint density at radius 1 is 0.485 bits per heavy atom. The van der Waals surface area contributed by atoms with Crippen molar-refractivity contribution in [2.75, 3.05) is 0 Å². The SMILES string of the molecule is CC1=CC(C)=C(C)C1.CC1=CC(C)=C(C)C1.Cc1ccc(O)cc1.Cc1ccc(O)cc1.[Zr]. The van der Waals surface area contributed by atoms with Gasteiger partial charge in [0.25, 0.3) is 0 Å². The van der Waals surface area contributed by atoms with Crippen molar-refractivity contribution in [1.29, 1.82) is 0 Å². The van der Waals surface area contributed by atoms with Crippen LogP contribution in [-0.2, 0) is 26.2 Å². The number of aromatic hydroxyl groups is 2. The van der Waals surface area contributed by atoms with Crippen molar-refractivity contribution in [3.05, 3.63) is 105 Å². The van der Waals surface area contributed by atoms with Gasteiger partial charge in [0.15, 0.2) is 0 Å². The zero-order valence-corrected chi connectivity index (χ0v) is 24.0. The molecule has 0 fully saturated rings. The van der Waals surface area contributed by atoms with Gasteiger partial charge in [-0.3, -0.25) is 0 Å². The molecular weight excluding hydrogens is 484 g/mol. The summed E-state index contributed by atoms with van der Waals surface area (Å²) in [7, 11) is 0. The van der Waals surface area contributed by atoms with Gasteiger partial charge in [0.2, 0.25) is 0 Å². The van der Waals surface area contributed by atoms with Gasteiger partial charge in [0, 0.05) is 26.2 Å². The largest absolute Gasteiger partial charge is 0.508 e. The summed E-state index contributed by atoms with van der Waals surface area (Å²) >= 11 is 0. The number of rotatable bonds is 0. The first-order valence-electron chi connectivity index (χ1n) is 11.2. The quantitative estimate of drug-likeness (QED) is 0.362. The number of benzene rings is 2. The van der Waals surface area contributed by atoms with Crippen molar-refractivity contribution in [3.63, 3.8) is 0 Å². The predicted molar refractivity (Wildman–Crippen MR) is 139 cm³/mol.